The Labute approximate surface area is 151 Å². The van der Waals surface area contributed by atoms with E-state index >= 15 is 0 Å². The molecule has 0 unspecified atom stereocenters. The molecule has 0 aliphatic carbocycles. The van der Waals surface area contributed by atoms with Crippen LogP contribution >= 0.6 is 11.6 Å². The van der Waals surface area contributed by atoms with Gasteiger partial charge >= 0.3 is 0 Å². The van der Waals surface area contributed by atoms with Crippen molar-refractivity contribution in [3.05, 3.63) is 75.3 Å². The molecule has 130 valence electrons. The van der Waals surface area contributed by atoms with Crippen molar-refractivity contribution in [2.24, 2.45) is 0 Å². The van der Waals surface area contributed by atoms with Gasteiger partial charge in [-0.05, 0) is 43.8 Å². The Kier molecular flexibility index (Phi) is 5.36. The maximum atomic E-state index is 12.2. The van der Waals surface area contributed by atoms with Gasteiger partial charge in [-0.3, -0.25) is 14.1 Å². The highest BCUT2D eigenvalue weighted by Gasteiger charge is 2.06. The predicted octanol–water partition coefficient (Wildman–Crippen LogP) is 3.17. The van der Waals surface area contributed by atoms with Crippen molar-refractivity contribution < 1.29 is 4.74 Å². The molecule has 1 aromatic carbocycles. The number of aromatic nitrogens is 2. The van der Waals surface area contributed by atoms with Crippen LogP contribution in [0.5, 0.6) is 5.75 Å². The van der Waals surface area contributed by atoms with Crippen molar-refractivity contribution in [1.29, 1.82) is 0 Å². The Hall–Kier alpha value is -2.37. The summed E-state index contributed by atoms with van der Waals surface area (Å²) in [6.45, 7) is 3.92. The van der Waals surface area contributed by atoms with Crippen molar-refractivity contribution in [1.82, 2.24) is 14.3 Å². The van der Waals surface area contributed by atoms with Crippen molar-refractivity contribution >= 4 is 17.2 Å². The van der Waals surface area contributed by atoms with Crippen LogP contribution < -0.4 is 10.3 Å². The van der Waals surface area contributed by atoms with Gasteiger partial charge in [-0.2, -0.15) is 0 Å². The van der Waals surface area contributed by atoms with Crippen LogP contribution in [0.1, 0.15) is 11.3 Å². The lowest BCUT2D eigenvalue weighted by atomic mass is 10.2. The molecule has 25 heavy (non-hydrogen) atoms. The van der Waals surface area contributed by atoms with Gasteiger partial charge in [0.2, 0.25) is 0 Å². The minimum Gasteiger partial charge on any atom is -0.492 e. The Morgan fingerprint density at radius 1 is 1.24 bits per heavy atom. The summed E-state index contributed by atoms with van der Waals surface area (Å²) in [5, 5.41) is 0.509. The molecule has 0 spiro atoms. The molecule has 0 saturated carbocycles. The number of ether oxygens (including phenoxy) is 1. The van der Waals surface area contributed by atoms with Crippen molar-refractivity contribution in [3.8, 4) is 5.75 Å². The minimum atomic E-state index is -0.132. The van der Waals surface area contributed by atoms with Crippen molar-refractivity contribution in [3.63, 3.8) is 0 Å². The van der Waals surface area contributed by atoms with Gasteiger partial charge in [-0.25, -0.2) is 4.98 Å². The van der Waals surface area contributed by atoms with Crippen LogP contribution in [0.3, 0.4) is 0 Å². The molecule has 3 rings (SSSR count). The van der Waals surface area contributed by atoms with Crippen LogP contribution in [0.4, 0.5) is 0 Å². The molecule has 0 radical (unpaired) electrons. The number of aryl methyl sites for hydroxylation is 1. The van der Waals surface area contributed by atoms with E-state index in [1.54, 1.807) is 24.4 Å². The summed E-state index contributed by atoms with van der Waals surface area (Å²) in [5.74, 6) is 0.868. The van der Waals surface area contributed by atoms with E-state index in [4.69, 9.17) is 16.3 Å². The topological polar surface area (TPSA) is 46.8 Å². The standard InChI is InChI=1S/C19H20ClN3O2/c1-14-4-3-5-17(10-14)25-9-8-22(2)13-16-11-19(24)23-12-15(20)6-7-18(23)21-16/h3-7,10-12H,8-9,13H2,1-2H3. The Balaban J connectivity index is 1.61. The van der Waals surface area contributed by atoms with Crippen LogP contribution in [0.15, 0.2) is 53.5 Å². The normalized spacial score (nSPS) is 11.2. The van der Waals surface area contributed by atoms with E-state index in [1.165, 1.54) is 9.96 Å². The van der Waals surface area contributed by atoms with E-state index in [0.29, 0.717) is 23.8 Å². The summed E-state index contributed by atoms with van der Waals surface area (Å²) in [6.07, 6.45) is 1.58. The Morgan fingerprint density at radius 3 is 2.88 bits per heavy atom. The lowest BCUT2D eigenvalue weighted by Crippen LogP contribution is -2.26. The fraction of sp³-hybridized carbons (Fsp3) is 0.263. The van der Waals surface area contributed by atoms with Crippen molar-refractivity contribution in [2.75, 3.05) is 20.2 Å². The van der Waals surface area contributed by atoms with Gasteiger partial charge in [0.05, 0.1) is 10.7 Å². The molecule has 0 amide bonds. The van der Waals surface area contributed by atoms with E-state index in [1.807, 2.05) is 38.2 Å². The van der Waals surface area contributed by atoms with Crippen molar-refractivity contribution in [2.45, 2.75) is 13.5 Å². The number of hydrogen-bond acceptors (Lipinski definition) is 4. The number of likely N-dealkylation sites (N-methyl/N-ethyl adjacent to an activating group) is 1. The zero-order valence-electron chi connectivity index (χ0n) is 14.3. The molecule has 2 aromatic heterocycles. The predicted molar refractivity (Wildman–Crippen MR) is 99.5 cm³/mol. The fourth-order valence-corrected chi connectivity index (χ4v) is 2.75. The zero-order valence-corrected chi connectivity index (χ0v) is 15.0. The van der Waals surface area contributed by atoms with Crippen LogP contribution in [0.25, 0.3) is 5.65 Å². The quantitative estimate of drug-likeness (QED) is 0.680. The fourth-order valence-electron chi connectivity index (χ4n) is 2.59. The highest BCUT2D eigenvalue weighted by Crippen LogP contribution is 2.12. The van der Waals surface area contributed by atoms with E-state index in [0.717, 1.165) is 18.0 Å². The first kappa shape index (κ1) is 17.5. The van der Waals surface area contributed by atoms with Gasteiger partial charge in [-0.1, -0.05) is 23.7 Å². The molecule has 0 bridgehead atoms. The molecule has 5 nitrogen and oxygen atoms in total. The monoisotopic (exact) mass is 357 g/mol. The van der Waals surface area contributed by atoms with Gasteiger partial charge in [-0.15, -0.1) is 0 Å². The first-order chi connectivity index (χ1) is 12.0. The summed E-state index contributed by atoms with van der Waals surface area (Å²) in [4.78, 5) is 18.8. The summed E-state index contributed by atoms with van der Waals surface area (Å²) >= 11 is 5.92. The minimum absolute atomic E-state index is 0.132. The molecule has 3 aromatic rings. The van der Waals surface area contributed by atoms with Gasteiger partial charge in [0, 0.05) is 25.4 Å². The molecule has 0 N–H and O–H groups in total. The van der Waals surface area contributed by atoms with Gasteiger partial charge in [0.25, 0.3) is 5.56 Å². The average Bonchev–Trinajstić information content (AvgIpc) is 2.56. The number of pyridine rings is 1. The maximum Gasteiger partial charge on any atom is 0.258 e. The molecular formula is C19H20ClN3O2. The molecule has 0 aliphatic heterocycles. The summed E-state index contributed by atoms with van der Waals surface area (Å²) in [7, 11) is 1.98. The molecule has 6 heteroatoms. The second kappa shape index (κ2) is 7.68. The number of rotatable bonds is 6. The second-order valence-electron chi connectivity index (χ2n) is 6.06. The Morgan fingerprint density at radius 2 is 2.08 bits per heavy atom. The third kappa shape index (κ3) is 4.59. The summed E-state index contributed by atoms with van der Waals surface area (Å²) in [5.41, 5.74) is 2.36. The zero-order chi connectivity index (χ0) is 17.8. The average molecular weight is 358 g/mol. The third-order valence-corrected chi connectivity index (χ3v) is 4.06. The number of fused-ring (bicyclic) bond motifs is 1. The van der Waals surface area contributed by atoms with Crippen LogP contribution in [0, 0.1) is 6.92 Å². The highest BCUT2D eigenvalue weighted by molar-refractivity contribution is 6.30. The molecule has 0 aliphatic rings. The smallest absolute Gasteiger partial charge is 0.258 e. The highest BCUT2D eigenvalue weighted by atomic mass is 35.5. The van der Waals surface area contributed by atoms with Gasteiger partial charge in [0.15, 0.2) is 0 Å². The molecule has 2 heterocycles. The lowest BCUT2D eigenvalue weighted by Gasteiger charge is -2.17. The molecule has 0 saturated heterocycles. The number of halogens is 1. The van der Waals surface area contributed by atoms with E-state index in [-0.39, 0.29) is 5.56 Å². The summed E-state index contributed by atoms with van der Waals surface area (Å²) < 4.78 is 7.21. The SMILES string of the molecule is Cc1cccc(OCCN(C)Cc2cc(=O)n3cc(Cl)ccc3n2)c1. The number of benzene rings is 1. The van der Waals surface area contributed by atoms with Gasteiger partial charge in [0.1, 0.15) is 18.0 Å². The first-order valence-electron chi connectivity index (χ1n) is 8.07. The lowest BCUT2D eigenvalue weighted by molar-refractivity contribution is 0.231. The molecule has 0 fully saturated rings. The maximum absolute atomic E-state index is 12.2. The van der Waals surface area contributed by atoms with E-state index < -0.39 is 0 Å². The van der Waals surface area contributed by atoms with Crippen LogP contribution in [0.2, 0.25) is 5.02 Å². The van der Waals surface area contributed by atoms with Gasteiger partial charge < -0.3 is 4.74 Å². The largest absolute Gasteiger partial charge is 0.492 e. The number of nitrogens with zero attached hydrogens (tertiary/aromatic N) is 3. The van der Waals surface area contributed by atoms with E-state index in [2.05, 4.69) is 9.88 Å². The molecule has 0 atom stereocenters. The Bertz CT molecular complexity index is 939. The summed E-state index contributed by atoms with van der Waals surface area (Å²) in [6, 6.07) is 13.0. The number of hydrogen-bond donors (Lipinski definition) is 0. The molecular weight excluding hydrogens is 338 g/mol. The second-order valence-corrected chi connectivity index (χ2v) is 6.50. The van der Waals surface area contributed by atoms with E-state index in [9.17, 15) is 4.79 Å². The third-order valence-electron chi connectivity index (χ3n) is 3.84. The van der Waals surface area contributed by atoms with Crippen LogP contribution in [-0.2, 0) is 6.54 Å². The first-order valence-corrected chi connectivity index (χ1v) is 8.45. The van der Waals surface area contributed by atoms with Crippen LogP contribution in [-0.4, -0.2) is 34.5 Å².